The maximum absolute atomic E-state index is 15.0. The van der Waals surface area contributed by atoms with Crippen LogP contribution in [0.5, 0.6) is 0 Å². The minimum Gasteiger partial charge on any atom is -0.393 e. The number of aliphatic hydroxyl groups excluding tert-OH is 1. The lowest BCUT2D eigenvalue weighted by atomic mass is 9.32. The van der Waals surface area contributed by atoms with Gasteiger partial charge in [0.05, 0.1) is 11.5 Å². The molecular formula is C42H61N3O3. The monoisotopic (exact) mass is 655 g/mol. The van der Waals surface area contributed by atoms with E-state index >= 15 is 0 Å². The highest BCUT2D eigenvalue weighted by atomic mass is 16.5. The van der Waals surface area contributed by atoms with E-state index in [1.807, 2.05) is 37.3 Å². The van der Waals surface area contributed by atoms with Gasteiger partial charge in [-0.05, 0) is 129 Å². The summed E-state index contributed by atoms with van der Waals surface area (Å²) in [5, 5.41) is 15.4. The first-order valence-corrected chi connectivity index (χ1v) is 19.3. The number of benzene rings is 1. The van der Waals surface area contributed by atoms with Crippen LogP contribution < -0.4 is 0 Å². The number of aromatic nitrogens is 2. The van der Waals surface area contributed by atoms with Crippen molar-refractivity contribution in [1.82, 2.24) is 15.0 Å². The Morgan fingerprint density at radius 2 is 1.62 bits per heavy atom. The molecule has 0 bridgehead atoms. The number of likely N-dealkylation sites (tertiary alicyclic amines) is 1. The molecule has 1 amide bonds. The number of rotatable bonds is 3. The van der Waals surface area contributed by atoms with Crippen LogP contribution in [-0.4, -0.2) is 38.7 Å². The van der Waals surface area contributed by atoms with Crippen LogP contribution in [0, 0.1) is 50.7 Å². The minimum absolute atomic E-state index is 0.0157. The van der Waals surface area contributed by atoms with E-state index in [4.69, 9.17) is 9.51 Å². The lowest BCUT2D eigenvalue weighted by Crippen LogP contribution is -2.67. The van der Waals surface area contributed by atoms with E-state index < -0.39 is 0 Å². The highest BCUT2D eigenvalue weighted by Gasteiger charge is 2.71. The summed E-state index contributed by atoms with van der Waals surface area (Å²) in [7, 11) is 0. The fraction of sp³-hybridized carbons (Fsp3) is 0.738. The van der Waals surface area contributed by atoms with Crippen LogP contribution in [0.25, 0.3) is 11.4 Å². The standard InChI is InChI=1S/C39H55N3O3.C3H6/c1-35(2)29-17-21-38(5)30(36(29,3)20-18-31(35)43)16-15-26-27-13-9-19-39(27,23-22-37(26,38)4)34(44)42-24-10-14-28(42)33-40-32(41-45-33)25-11-7-6-8-12-25;1-3-2/h6-8,11-12,26-31,43H,9-10,13-24H2,1-5H3;3H,1H2,2H3/t26?,27?,28-,29?,30?,31?,36?,37-,38+,39?;/m1./s1. The molecule has 5 saturated carbocycles. The number of fused-ring (bicyclic) bond motifs is 7. The fourth-order valence-electron chi connectivity index (χ4n) is 13.6. The van der Waals surface area contributed by atoms with Crippen molar-refractivity contribution < 1.29 is 14.4 Å². The molecule has 7 unspecified atom stereocenters. The van der Waals surface area contributed by atoms with Crippen molar-refractivity contribution in [2.75, 3.05) is 6.54 Å². The summed E-state index contributed by atoms with van der Waals surface area (Å²) < 4.78 is 5.86. The van der Waals surface area contributed by atoms with Crippen LogP contribution in [0.4, 0.5) is 0 Å². The maximum atomic E-state index is 15.0. The molecule has 6 nitrogen and oxygen atoms in total. The van der Waals surface area contributed by atoms with Crippen molar-refractivity contribution in [3.8, 4) is 11.4 Å². The van der Waals surface area contributed by atoms with Crippen LogP contribution in [0.3, 0.4) is 0 Å². The molecule has 10 atom stereocenters. The average Bonchev–Trinajstić information content (AvgIpc) is 3.84. The molecule has 2 heterocycles. The Labute approximate surface area is 289 Å². The fourth-order valence-corrected chi connectivity index (χ4v) is 13.6. The second kappa shape index (κ2) is 12.1. The summed E-state index contributed by atoms with van der Waals surface area (Å²) in [4.78, 5) is 21.9. The summed E-state index contributed by atoms with van der Waals surface area (Å²) in [6, 6.07) is 9.89. The smallest absolute Gasteiger partial charge is 0.249 e. The van der Waals surface area contributed by atoms with Crippen molar-refractivity contribution in [2.24, 2.45) is 50.7 Å². The van der Waals surface area contributed by atoms with Crippen LogP contribution in [-0.2, 0) is 4.79 Å². The van der Waals surface area contributed by atoms with Gasteiger partial charge in [0.2, 0.25) is 17.6 Å². The van der Waals surface area contributed by atoms with E-state index in [0.717, 1.165) is 57.1 Å². The summed E-state index contributed by atoms with van der Waals surface area (Å²) in [6.07, 6.45) is 16.2. The van der Waals surface area contributed by atoms with Crippen molar-refractivity contribution in [3.05, 3.63) is 48.9 Å². The predicted octanol–water partition coefficient (Wildman–Crippen LogP) is 9.81. The highest BCUT2D eigenvalue weighted by Crippen LogP contribution is 2.77. The van der Waals surface area contributed by atoms with Crippen LogP contribution in [0.1, 0.15) is 137 Å². The van der Waals surface area contributed by atoms with Crippen molar-refractivity contribution in [1.29, 1.82) is 0 Å². The SMILES string of the molecule is C=CC.CC1(C)C(O)CCC2(C)C1CC[C@@]1(C)C2CCC2C3CCCC3(C(=O)N3CCC[C@@H]3c3nc(-c4ccccc4)no3)CC[C@]21C. The van der Waals surface area contributed by atoms with Gasteiger partial charge in [0.25, 0.3) is 0 Å². The lowest BCUT2D eigenvalue weighted by Gasteiger charge is -2.72. The van der Waals surface area contributed by atoms with Gasteiger partial charge in [-0.1, -0.05) is 82.6 Å². The third kappa shape index (κ3) is 4.77. The topological polar surface area (TPSA) is 79.5 Å². The van der Waals surface area contributed by atoms with Crippen LogP contribution in [0.15, 0.2) is 47.5 Å². The Kier molecular flexibility index (Phi) is 8.57. The highest BCUT2D eigenvalue weighted by molar-refractivity contribution is 5.84. The van der Waals surface area contributed by atoms with Gasteiger partial charge < -0.3 is 14.5 Å². The second-order valence-corrected chi connectivity index (χ2v) is 18.1. The summed E-state index contributed by atoms with van der Waals surface area (Å²) in [5.74, 6) is 3.96. The van der Waals surface area contributed by atoms with Gasteiger partial charge in [-0.25, -0.2) is 0 Å². The zero-order valence-electron chi connectivity index (χ0n) is 30.6. The maximum Gasteiger partial charge on any atom is 0.249 e. The molecule has 48 heavy (non-hydrogen) atoms. The molecule has 1 aliphatic heterocycles. The Morgan fingerprint density at radius 1 is 0.875 bits per heavy atom. The molecule has 0 radical (unpaired) electrons. The third-order valence-electron chi connectivity index (χ3n) is 16.0. The summed E-state index contributed by atoms with van der Waals surface area (Å²) in [5.41, 5.74) is 1.52. The molecule has 1 aromatic heterocycles. The molecule has 5 aliphatic carbocycles. The minimum atomic E-state index is -0.240. The zero-order chi connectivity index (χ0) is 34.1. The van der Waals surface area contributed by atoms with E-state index in [9.17, 15) is 9.90 Å². The number of allylic oxidation sites excluding steroid dienone is 1. The second-order valence-electron chi connectivity index (χ2n) is 18.1. The molecule has 6 heteroatoms. The van der Waals surface area contributed by atoms with E-state index in [1.54, 1.807) is 6.08 Å². The molecule has 2 aromatic rings. The molecule has 0 spiro atoms. The molecule has 262 valence electrons. The largest absolute Gasteiger partial charge is 0.393 e. The number of aliphatic hydroxyl groups is 1. The Hall–Kier alpha value is -2.47. The van der Waals surface area contributed by atoms with Crippen LogP contribution in [0.2, 0.25) is 0 Å². The quantitative estimate of drug-likeness (QED) is 0.333. The van der Waals surface area contributed by atoms with Gasteiger partial charge in [0.15, 0.2) is 0 Å². The van der Waals surface area contributed by atoms with Gasteiger partial charge in [-0.15, -0.1) is 6.58 Å². The Morgan fingerprint density at radius 3 is 2.38 bits per heavy atom. The summed E-state index contributed by atoms with van der Waals surface area (Å²) >= 11 is 0. The number of nitrogens with zero attached hydrogens (tertiary/aromatic N) is 3. The average molecular weight is 656 g/mol. The molecule has 8 rings (SSSR count). The van der Waals surface area contributed by atoms with Gasteiger partial charge in [-0.3, -0.25) is 4.79 Å². The van der Waals surface area contributed by atoms with E-state index in [0.29, 0.717) is 41.3 Å². The van der Waals surface area contributed by atoms with Crippen molar-refractivity contribution in [3.63, 3.8) is 0 Å². The van der Waals surface area contributed by atoms with Crippen molar-refractivity contribution >= 4 is 5.91 Å². The number of carbonyl (C=O) groups excluding carboxylic acids is 1. The van der Waals surface area contributed by atoms with Gasteiger partial charge in [0.1, 0.15) is 6.04 Å². The first kappa shape index (κ1) is 34.0. The van der Waals surface area contributed by atoms with E-state index in [1.165, 1.54) is 38.5 Å². The van der Waals surface area contributed by atoms with Gasteiger partial charge in [-0.2, -0.15) is 4.98 Å². The normalized spacial score (nSPS) is 42.8. The van der Waals surface area contributed by atoms with Crippen LogP contribution >= 0.6 is 0 Å². The molecule has 6 fully saturated rings. The zero-order valence-corrected chi connectivity index (χ0v) is 30.6. The molecular weight excluding hydrogens is 594 g/mol. The molecule has 6 aliphatic rings. The van der Waals surface area contributed by atoms with Gasteiger partial charge in [0, 0.05) is 12.1 Å². The lowest BCUT2D eigenvalue weighted by molar-refractivity contribution is -0.245. The van der Waals surface area contributed by atoms with E-state index in [-0.39, 0.29) is 39.2 Å². The third-order valence-corrected chi connectivity index (χ3v) is 16.0. The number of amides is 1. The van der Waals surface area contributed by atoms with Gasteiger partial charge >= 0.3 is 0 Å². The summed E-state index contributed by atoms with van der Waals surface area (Å²) in [6.45, 7) is 18.7. The van der Waals surface area contributed by atoms with Crippen molar-refractivity contribution in [2.45, 2.75) is 137 Å². The first-order valence-electron chi connectivity index (χ1n) is 19.3. The number of hydrogen-bond acceptors (Lipinski definition) is 5. The number of carbonyl (C=O) groups is 1. The molecule has 1 aromatic carbocycles. The van der Waals surface area contributed by atoms with E-state index in [2.05, 4.69) is 51.3 Å². The molecule has 1 N–H and O–H groups in total. The Bertz CT molecular complexity index is 1500. The Balaban J connectivity index is 0.00000117. The number of hydrogen-bond donors (Lipinski definition) is 1. The first-order chi connectivity index (χ1) is 22.9. The molecule has 1 saturated heterocycles. The predicted molar refractivity (Wildman–Crippen MR) is 191 cm³/mol.